The van der Waals surface area contributed by atoms with Crippen molar-refractivity contribution in [3.8, 4) is 0 Å². The second kappa shape index (κ2) is 6.11. The number of hydrogen-bond acceptors (Lipinski definition) is 4. The highest BCUT2D eigenvalue weighted by Gasteiger charge is 2.27. The van der Waals surface area contributed by atoms with Crippen LogP contribution in [0.3, 0.4) is 0 Å². The van der Waals surface area contributed by atoms with Crippen LogP contribution in [0.4, 0.5) is 5.69 Å². The topological polar surface area (TPSA) is 83.5 Å². The molecule has 0 amide bonds. The molecule has 5 nitrogen and oxygen atoms in total. The fraction of sp³-hybridized carbons (Fsp3) is 0.0833. The molecule has 2 N–H and O–H groups in total. The SMILES string of the molecule is Cc1csc(C(=O)O)c1S(=O)(=O)Nc1ccc(Cl)cc1I. The number of anilines is 1. The van der Waals surface area contributed by atoms with Gasteiger partial charge in [-0.05, 0) is 58.7 Å². The molecule has 9 heteroatoms. The van der Waals surface area contributed by atoms with Gasteiger partial charge in [-0.2, -0.15) is 0 Å². The second-order valence-electron chi connectivity index (χ2n) is 4.11. The summed E-state index contributed by atoms with van der Waals surface area (Å²) >= 11 is 8.66. The first-order chi connectivity index (χ1) is 9.72. The van der Waals surface area contributed by atoms with Crippen LogP contribution in [0.25, 0.3) is 0 Å². The van der Waals surface area contributed by atoms with E-state index in [4.69, 9.17) is 16.7 Å². The van der Waals surface area contributed by atoms with E-state index in [1.807, 2.05) is 22.6 Å². The molecule has 0 radical (unpaired) electrons. The Kier molecular flexibility index (Phi) is 4.81. The molecule has 0 unspecified atom stereocenters. The maximum absolute atomic E-state index is 12.4. The molecule has 0 fully saturated rings. The van der Waals surface area contributed by atoms with Gasteiger partial charge in [0.15, 0.2) is 0 Å². The monoisotopic (exact) mass is 457 g/mol. The van der Waals surface area contributed by atoms with E-state index < -0.39 is 16.0 Å². The van der Waals surface area contributed by atoms with Crippen LogP contribution >= 0.6 is 45.5 Å². The van der Waals surface area contributed by atoms with Gasteiger partial charge in [0, 0.05) is 8.59 Å². The van der Waals surface area contributed by atoms with E-state index in [9.17, 15) is 13.2 Å². The van der Waals surface area contributed by atoms with Crippen molar-refractivity contribution in [2.75, 3.05) is 4.72 Å². The van der Waals surface area contributed by atoms with Crippen molar-refractivity contribution < 1.29 is 18.3 Å². The van der Waals surface area contributed by atoms with E-state index in [1.165, 1.54) is 11.4 Å². The van der Waals surface area contributed by atoms with Gasteiger partial charge in [-0.1, -0.05) is 11.6 Å². The number of sulfonamides is 1. The molecule has 0 aliphatic rings. The number of nitrogens with one attached hydrogen (secondary N) is 1. The van der Waals surface area contributed by atoms with Crippen LogP contribution in [0, 0.1) is 10.5 Å². The van der Waals surface area contributed by atoms with Crippen LogP contribution in [0.2, 0.25) is 5.02 Å². The first kappa shape index (κ1) is 16.5. The van der Waals surface area contributed by atoms with Gasteiger partial charge < -0.3 is 5.11 Å². The first-order valence-electron chi connectivity index (χ1n) is 5.51. The minimum Gasteiger partial charge on any atom is -0.477 e. The zero-order valence-corrected chi connectivity index (χ0v) is 15.1. The quantitative estimate of drug-likeness (QED) is 0.684. The second-order valence-corrected chi connectivity index (χ2v) is 8.21. The molecular formula is C12H9ClINO4S2. The Bertz CT molecular complexity index is 817. The largest absolute Gasteiger partial charge is 0.477 e. The van der Waals surface area contributed by atoms with Gasteiger partial charge >= 0.3 is 5.97 Å². The maximum Gasteiger partial charge on any atom is 0.347 e. The number of carboxylic acids is 1. The number of carbonyl (C=O) groups is 1. The molecule has 0 bridgehead atoms. The molecule has 0 aliphatic heterocycles. The zero-order valence-electron chi connectivity index (χ0n) is 10.6. The number of aryl methyl sites for hydroxylation is 1. The van der Waals surface area contributed by atoms with E-state index in [0.29, 0.717) is 19.8 Å². The summed E-state index contributed by atoms with van der Waals surface area (Å²) in [6.07, 6.45) is 0. The third kappa shape index (κ3) is 3.50. The maximum atomic E-state index is 12.4. The standard InChI is InChI=1S/C12H9ClINO4S2/c1-6-5-20-10(12(16)17)11(6)21(18,19)15-9-3-2-7(13)4-8(9)14/h2-5,15H,1H3,(H,16,17). The molecule has 2 rings (SSSR count). The van der Waals surface area contributed by atoms with Crippen molar-refractivity contribution in [2.45, 2.75) is 11.8 Å². The van der Waals surface area contributed by atoms with Gasteiger partial charge in [-0.3, -0.25) is 4.72 Å². The van der Waals surface area contributed by atoms with Crippen LogP contribution in [0.15, 0.2) is 28.5 Å². The summed E-state index contributed by atoms with van der Waals surface area (Å²) in [5.74, 6) is -1.26. The van der Waals surface area contributed by atoms with Crippen LogP contribution < -0.4 is 4.72 Å². The number of aromatic carboxylic acids is 1. The van der Waals surface area contributed by atoms with Gasteiger partial charge in [0.05, 0.1) is 5.69 Å². The number of hydrogen-bond donors (Lipinski definition) is 2. The fourth-order valence-corrected chi connectivity index (χ4v) is 5.59. The Morgan fingerprint density at radius 1 is 1.43 bits per heavy atom. The van der Waals surface area contributed by atoms with Crippen molar-refractivity contribution in [2.24, 2.45) is 0 Å². The van der Waals surface area contributed by atoms with Crippen LogP contribution in [-0.2, 0) is 10.0 Å². The number of benzene rings is 1. The molecule has 0 saturated carbocycles. The molecule has 21 heavy (non-hydrogen) atoms. The lowest BCUT2D eigenvalue weighted by molar-refractivity contribution is 0.0698. The molecule has 0 atom stereocenters. The van der Waals surface area contributed by atoms with Gasteiger partial charge in [-0.25, -0.2) is 13.2 Å². The highest BCUT2D eigenvalue weighted by molar-refractivity contribution is 14.1. The highest BCUT2D eigenvalue weighted by Crippen LogP contribution is 2.30. The lowest BCUT2D eigenvalue weighted by atomic mass is 10.3. The van der Waals surface area contributed by atoms with Crippen molar-refractivity contribution in [1.29, 1.82) is 0 Å². The van der Waals surface area contributed by atoms with Crippen LogP contribution in [0.1, 0.15) is 15.2 Å². The van der Waals surface area contributed by atoms with Crippen molar-refractivity contribution >= 4 is 67.2 Å². The van der Waals surface area contributed by atoms with E-state index >= 15 is 0 Å². The summed E-state index contributed by atoms with van der Waals surface area (Å²) in [7, 11) is -3.98. The summed E-state index contributed by atoms with van der Waals surface area (Å²) in [6.45, 7) is 1.56. The van der Waals surface area contributed by atoms with Crippen molar-refractivity contribution in [3.05, 3.63) is 42.6 Å². The minimum atomic E-state index is -3.98. The van der Waals surface area contributed by atoms with Crippen molar-refractivity contribution in [3.63, 3.8) is 0 Å². The summed E-state index contributed by atoms with van der Waals surface area (Å²) in [5, 5.41) is 11.1. The van der Waals surface area contributed by atoms with E-state index in [0.717, 1.165) is 11.3 Å². The third-order valence-electron chi connectivity index (χ3n) is 2.56. The molecule has 0 saturated heterocycles. The molecule has 1 heterocycles. The molecular weight excluding hydrogens is 449 g/mol. The number of rotatable bonds is 4. The summed E-state index contributed by atoms with van der Waals surface area (Å²) in [4.78, 5) is 10.7. The Balaban J connectivity index is 2.48. The van der Waals surface area contributed by atoms with Crippen LogP contribution in [0.5, 0.6) is 0 Å². The van der Waals surface area contributed by atoms with Crippen LogP contribution in [-0.4, -0.2) is 19.5 Å². The summed E-state index contributed by atoms with van der Waals surface area (Å²) in [6, 6.07) is 4.70. The number of carboxylic acid groups (broad SMARTS) is 1. The van der Waals surface area contributed by atoms with E-state index in [1.54, 1.807) is 19.1 Å². The summed E-state index contributed by atoms with van der Waals surface area (Å²) in [5.41, 5.74) is 0.746. The van der Waals surface area contributed by atoms with E-state index in [2.05, 4.69) is 4.72 Å². The fourth-order valence-electron chi connectivity index (χ4n) is 1.68. The normalized spacial score (nSPS) is 11.4. The molecule has 0 aliphatic carbocycles. The van der Waals surface area contributed by atoms with Gasteiger partial charge in [0.1, 0.15) is 9.77 Å². The first-order valence-corrected chi connectivity index (χ1v) is 9.33. The average Bonchev–Trinajstić information content (AvgIpc) is 2.76. The Hall–Kier alpha value is -0.840. The van der Waals surface area contributed by atoms with Gasteiger partial charge in [0.2, 0.25) is 0 Å². The molecule has 2 aromatic rings. The predicted octanol–water partition coefficient (Wildman–Crippen LogP) is 3.81. The van der Waals surface area contributed by atoms with Gasteiger partial charge in [-0.15, -0.1) is 11.3 Å². The molecule has 1 aromatic carbocycles. The minimum absolute atomic E-state index is 0.203. The van der Waals surface area contributed by atoms with Crippen molar-refractivity contribution in [1.82, 2.24) is 0 Å². The Labute approximate surface area is 144 Å². The third-order valence-corrected chi connectivity index (χ3v) is 6.45. The Morgan fingerprint density at radius 3 is 2.67 bits per heavy atom. The number of thiophene rings is 1. The van der Waals surface area contributed by atoms with Gasteiger partial charge in [0.25, 0.3) is 10.0 Å². The lowest BCUT2D eigenvalue weighted by Gasteiger charge is -2.10. The average molecular weight is 458 g/mol. The molecule has 0 spiro atoms. The molecule has 1 aromatic heterocycles. The lowest BCUT2D eigenvalue weighted by Crippen LogP contribution is -2.17. The Morgan fingerprint density at radius 2 is 2.10 bits per heavy atom. The molecule has 112 valence electrons. The smallest absolute Gasteiger partial charge is 0.347 e. The summed E-state index contributed by atoms with van der Waals surface area (Å²) < 4.78 is 27.9. The highest BCUT2D eigenvalue weighted by atomic mass is 127. The zero-order chi connectivity index (χ0) is 15.8. The predicted molar refractivity (Wildman–Crippen MR) is 91.0 cm³/mol. The number of halogens is 2. The van der Waals surface area contributed by atoms with E-state index in [-0.39, 0.29) is 9.77 Å².